The molecule has 3 amide bonds. The summed E-state index contributed by atoms with van der Waals surface area (Å²) in [5.41, 5.74) is 1.91. The second-order valence-corrected chi connectivity index (χ2v) is 7.49. The van der Waals surface area contributed by atoms with E-state index < -0.39 is 17.7 Å². The van der Waals surface area contributed by atoms with E-state index in [0.717, 1.165) is 4.90 Å². The first-order valence-corrected chi connectivity index (χ1v) is 9.86. The van der Waals surface area contributed by atoms with Crippen LogP contribution in [-0.4, -0.2) is 27.8 Å². The SMILES string of the molecule is O=C(N=Nc1c(O)[nH]c2ccc(Cl)cc12)c1ccc(N2C(=O)c3ccccc3C2=O)cc1. The number of halogens is 1. The average molecular weight is 445 g/mol. The van der Waals surface area contributed by atoms with Gasteiger partial charge in [0.1, 0.15) is 0 Å². The third-order valence-electron chi connectivity index (χ3n) is 5.12. The number of benzene rings is 3. The number of azo groups is 1. The van der Waals surface area contributed by atoms with Gasteiger partial charge in [-0.1, -0.05) is 23.7 Å². The van der Waals surface area contributed by atoms with Crippen LogP contribution >= 0.6 is 11.6 Å². The molecule has 0 fully saturated rings. The highest BCUT2D eigenvalue weighted by atomic mass is 35.5. The molecule has 4 aromatic rings. The largest absolute Gasteiger partial charge is 0.493 e. The van der Waals surface area contributed by atoms with Crippen molar-refractivity contribution in [1.29, 1.82) is 0 Å². The van der Waals surface area contributed by atoms with E-state index >= 15 is 0 Å². The maximum Gasteiger partial charge on any atom is 0.295 e. The molecule has 0 saturated heterocycles. The van der Waals surface area contributed by atoms with Crippen LogP contribution in [0.4, 0.5) is 11.4 Å². The lowest BCUT2D eigenvalue weighted by atomic mass is 10.1. The van der Waals surface area contributed by atoms with Crippen molar-refractivity contribution >= 4 is 51.6 Å². The van der Waals surface area contributed by atoms with Gasteiger partial charge in [-0.2, -0.15) is 0 Å². The molecule has 0 aliphatic carbocycles. The predicted molar refractivity (Wildman–Crippen MR) is 118 cm³/mol. The molecule has 2 heterocycles. The van der Waals surface area contributed by atoms with Gasteiger partial charge in [0.15, 0.2) is 5.69 Å². The van der Waals surface area contributed by atoms with Crippen LogP contribution in [0.25, 0.3) is 10.9 Å². The Bertz CT molecular complexity index is 1420. The van der Waals surface area contributed by atoms with E-state index in [4.69, 9.17) is 11.6 Å². The number of aromatic hydroxyl groups is 1. The van der Waals surface area contributed by atoms with Crippen molar-refractivity contribution in [3.05, 3.63) is 88.4 Å². The lowest BCUT2D eigenvalue weighted by Crippen LogP contribution is -2.29. The summed E-state index contributed by atoms with van der Waals surface area (Å²) in [6.45, 7) is 0. The van der Waals surface area contributed by atoms with Crippen LogP contribution in [0.1, 0.15) is 31.1 Å². The number of carbonyl (C=O) groups excluding carboxylic acids is 3. The summed E-state index contributed by atoms with van der Waals surface area (Å²) in [5.74, 6) is -1.73. The molecule has 5 rings (SSSR count). The molecular formula is C23H13ClN4O4. The second-order valence-electron chi connectivity index (χ2n) is 7.06. The van der Waals surface area contributed by atoms with E-state index in [1.165, 1.54) is 24.3 Å². The quantitative estimate of drug-likeness (QED) is 0.331. The molecule has 0 spiro atoms. The summed E-state index contributed by atoms with van der Waals surface area (Å²) < 4.78 is 0. The second kappa shape index (κ2) is 7.44. The van der Waals surface area contributed by atoms with Gasteiger partial charge in [0.2, 0.25) is 5.88 Å². The Labute approximate surface area is 185 Å². The van der Waals surface area contributed by atoms with Gasteiger partial charge in [-0.25, -0.2) is 4.90 Å². The number of carbonyl (C=O) groups is 3. The molecular weight excluding hydrogens is 432 g/mol. The maximum atomic E-state index is 12.6. The summed E-state index contributed by atoms with van der Waals surface area (Å²) in [5, 5.41) is 18.6. The van der Waals surface area contributed by atoms with Gasteiger partial charge in [0.25, 0.3) is 17.7 Å². The first-order valence-electron chi connectivity index (χ1n) is 9.48. The monoisotopic (exact) mass is 444 g/mol. The molecule has 0 unspecified atom stereocenters. The van der Waals surface area contributed by atoms with Gasteiger partial charge in [0.05, 0.1) is 22.3 Å². The minimum atomic E-state index is -0.658. The number of nitrogens with one attached hydrogen (secondary N) is 1. The highest BCUT2D eigenvalue weighted by Crippen LogP contribution is 2.37. The smallest absolute Gasteiger partial charge is 0.295 e. The Morgan fingerprint density at radius 2 is 1.59 bits per heavy atom. The van der Waals surface area contributed by atoms with Crippen molar-refractivity contribution in [1.82, 2.24) is 4.98 Å². The summed E-state index contributed by atoms with van der Waals surface area (Å²) in [4.78, 5) is 41.5. The molecule has 0 atom stereocenters. The maximum absolute atomic E-state index is 12.6. The third-order valence-corrected chi connectivity index (χ3v) is 5.36. The summed E-state index contributed by atoms with van der Waals surface area (Å²) in [6, 6.07) is 17.4. The topological polar surface area (TPSA) is 115 Å². The number of fused-ring (bicyclic) bond motifs is 2. The number of aromatic amines is 1. The molecule has 2 N–H and O–H groups in total. The highest BCUT2D eigenvalue weighted by Gasteiger charge is 2.36. The zero-order chi connectivity index (χ0) is 22.4. The Balaban J connectivity index is 1.39. The Morgan fingerprint density at radius 3 is 2.25 bits per heavy atom. The minimum Gasteiger partial charge on any atom is -0.493 e. The van der Waals surface area contributed by atoms with Crippen LogP contribution in [0.5, 0.6) is 5.88 Å². The molecule has 1 aliphatic rings. The third kappa shape index (κ3) is 3.14. The number of amides is 3. The Hall–Kier alpha value is -4.30. The fourth-order valence-electron chi connectivity index (χ4n) is 3.57. The van der Waals surface area contributed by atoms with Gasteiger partial charge in [-0.15, -0.1) is 10.2 Å². The van der Waals surface area contributed by atoms with Crippen molar-refractivity contribution in [2.45, 2.75) is 0 Å². The first-order chi connectivity index (χ1) is 15.4. The van der Waals surface area contributed by atoms with Crippen molar-refractivity contribution in [2.24, 2.45) is 10.2 Å². The fraction of sp³-hybridized carbons (Fsp3) is 0. The number of imide groups is 1. The van der Waals surface area contributed by atoms with Gasteiger partial charge >= 0.3 is 0 Å². The van der Waals surface area contributed by atoms with Crippen LogP contribution in [0.2, 0.25) is 5.02 Å². The fourth-order valence-corrected chi connectivity index (χ4v) is 3.74. The van der Waals surface area contributed by atoms with E-state index in [1.807, 2.05) is 0 Å². The normalized spacial score (nSPS) is 13.3. The lowest BCUT2D eigenvalue weighted by molar-refractivity contribution is 0.0925. The zero-order valence-corrected chi connectivity index (χ0v) is 17.0. The van der Waals surface area contributed by atoms with E-state index in [-0.39, 0.29) is 17.1 Å². The highest BCUT2D eigenvalue weighted by molar-refractivity contribution is 6.34. The van der Waals surface area contributed by atoms with E-state index in [9.17, 15) is 19.5 Å². The molecule has 0 bridgehead atoms. The predicted octanol–water partition coefficient (Wildman–Crippen LogP) is 5.25. The molecule has 1 aromatic heterocycles. The zero-order valence-electron chi connectivity index (χ0n) is 16.2. The van der Waals surface area contributed by atoms with Crippen molar-refractivity contribution < 1.29 is 19.5 Å². The van der Waals surface area contributed by atoms with Crippen LogP contribution in [0, 0.1) is 0 Å². The number of nitrogens with zero attached hydrogens (tertiary/aromatic N) is 3. The van der Waals surface area contributed by atoms with Crippen molar-refractivity contribution in [2.75, 3.05) is 4.90 Å². The van der Waals surface area contributed by atoms with E-state index in [1.54, 1.807) is 42.5 Å². The summed E-state index contributed by atoms with van der Waals surface area (Å²) in [7, 11) is 0. The molecule has 8 nitrogen and oxygen atoms in total. The molecule has 3 aromatic carbocycles. The number of hydrogen-bond donors (Lipinski definition) is 2. The number of aromatic nitrogens is 1. The first kappa shape index (κ1) is 19.7. The molecule has 0 saturated carbocycles. The van der Waals surface area contributed by atoms with Gasteiger partial charge in [-0.05, 0) is 54.6 Å². The van der Waals surface area contributed by atoms with E-state index in [0.29, 0.717) is 32.7 Å². The van der Waals surface area contributed by atoms with Crippen LogP contribution in [0.15, 0.2) is 77.0 Å². The summed E-state index contributed by atoms with van der Waals surface area (Å²) in [6.07, 6.45) is 0. The number of rotatable bonds is 3. The van der Waals surface area contributed by atoms with Crippen molar-refractivity contribution in [3.8, 4) is 5.88 Å². The minimum absolute atomic E-state index is 0.0958. The number of anilines is 1. The Kier molecular flexibility index (Phi) is 4.57. The molecule has 0 radical (unpaired) electrons. The molecule has 32 heavy (non-hydrogen) atoms. The van der Waals surface area contributed by atoms with Crippen LogP contribution in [0.3, 0.4) is 0 Å². The van der Waals surface area contributed by atoms with Gasteiger partial charge in [-0.3, -0.25) is 14.4 Å². The van der Waals surface area contributed by atoms with Crippen LogP contribution in [-0.2, 0) is 0 Å². The molecule has 156 valence electrons. The standard InChI is InChI=1S/C23H13ClN4O4/c24-13-7-10-18-17(11-13)19(21(30)25-18)26-27-20(29)12-5-8-14(9-6-12)28-22(31)15-3-1-2-4-16(15)23(28)32/h1-11,25,30H. The molecule has 1 aliphatic heterocycles. The van der Waals surface area contributed by atoms with E-state index in [2.05, 4.69) is 15.2 Å². The number of H-pyrrole nitrogens is 1. The number of hydrogen-bond acceptors (Lipinski definition) is 5. The Morgan fingerprint density at radius 1 is 0.938 bits per heavy atom. The van der Waals surface area contributed by atoms with Crippen LogP contribution < -0.4 is 4.90 Å². The lowest BCUT2D eigenvalue weighted by Gasteiger charge is -2.13. The summed E-state index contributed by atoms with van der Waals surface area (Å²) >= 11 is 5.99. The molecule has 9 heteroatoms. The van der Waals surface area contributed by atoms with Gasteiger partial charge in [0, 0.05) is 16.0 Å². The van der Waals surface area contributed by atoms with Crippen molar-refractivity contribution in [3.63, 3.8) is 0 Å². The van der Waals surface area contributed by atoms with Gasteiger partial charge < -0.3 is 10.1 Å². The average Bonchev–Trinajstić information content (AvgIpc) is 3.25.